The van der Waals surface area contributed by atoms with Gasteiger partial charge in [-0.15, -0.1) is 0 Å². The Kier molecular flexibility index (Phi) is 2.56. The van der Waals surface area contributed by atoms with Crippen LogP contribution < -0.4 is 0 Å². The third kappa shape index (κ3) is 1.88. The molecule has 1 aliphatic carbocycles. The van der Waals surface area contributed by atoms with Gasteiger partial charge in [-0.05, 0) is 24.3 Å². The first-order chi connectivity index (χ1) is 4.70. The Morgan fingerprint density at radius 1 is 1.60 bits per heavy atom. The van der Waals surface area contributed by atoms with Gasteiger partial charge in [-0.1, -0.05) is 37.6 Å². The van der Waals surface area contributed by atoms with Crippen LogP contribution in [0, 0.1) is 11.8 Å². The van der Waals surface area contributed by atoms with Gasteiger partial charge in [-0.2, -0.15) is 0 Å². The van der Waals surface area contributed by atoms with E-state index in [1.54, 1.807) is 0 Å². The minimum atomic E-state index is 0.650. The molecule has 0 heterocycles. The van der Waals surface area contributed by atoms with Gasteiger partial charge < -0.3 is 0 Å². The Morgan fingerprint density at radius 2 is 2.30 bits per heavy atom. The van der Waals surface area contributed by atoms with Crippen molar-refractivity contribution in [3.63, 3.8) is 0 Å². The van der Waals surface area contributed by atoms with Gasteiger partial charge >= 0.3 is 0 Å². The van der Waals surface area contributed by atoms with Crippen molar-refractivity contribution >= 4 is 11.6 Å². The van der Waals surface area contributed by atoms with E-state index in [1.807, 2.05) is 6.08 Å². The fraction of sp³-hybridized carbons (Fsp3) is 0.556. The van der Waals surface area contributed by atoms with Crippen molar-refractivity contribution in [1.29, 1.82) is 0 Å². The molecule has 1 aliphatic rings. The monoisotopic (exact) mass is 156 g/mol. The highest BCUT2D eigenvalue weighted by atomic mass is 35.5. The lowest BCUT2D eigenvalue weighted by molar-refractivity contribution is 0.464. The van der Waals surface area contributed by atoms with Crippen LogP contribution in [0.5, 0.6) is 0 Å². The number of rotatable bonds is 1. The highest BCUT2D eigenvalue weighted by Gasteiger charge is 2.12. The second-order valence-electron chi connectivity index (χ2n) is 3.11. The summed E-state index contributed by atoms with van der Waals surface area (Å²) in [5.74, 6) is 1.36. The van der Waals surface area contributed by atoms with Crippen LogP contribution >= 0.6 is 11.6 Å². The third-order valence-electron chi connectivity index (χ3n) is 1.92. The molecular formula is C9H13Cl. The van der Waals surface area contributed by atoms with Gasteiger partial charge in [-0.3, -0.25) is 0 Å². The lowest BCUT2D eigenvalue weighted by Crippen LogP contribution is -2.07. The molecule has 0 amide bonds. The first kappa shape index (κ1) is 7.87. The molecule has 0 N–H and O–H groups in total. The summed E-state index contributed by atoms with van der Waals surface area (Å²) < 4.78 is 0. The van der Waals surface area contributed by atoms with Crippen LogP contribution in [0.4, 0.5) is 0 Å². The summed E-state index contributed by atoms with van der Waals surface area (Å²) in [6.07, 6.45) is 7.28. The zero-order valence-corrected chi connectivity index (χ0v) is 7.23. The molecule has 0 bridgehead atoms. The van der Waals surface area contributed by atoms with Crippen molar-refractivity contribution in [2.75, 3.05) is 0 Å². The predicted octanol–water partition coefficient (Wildman–Crippen LogP) is 3.34. The van der Waals surface area contributed by atoms with E-state index in [9.17, 15) is 0 Å². The first-order valence-electron chi connectivity index (χ1n) is 3.73. The van der Waals surface area contributed by atoms with E-state index < -0.39 is 0 Å². The number of hydrogen-bond donors (Lipinski definition) is 0. The van der Waals surface area contributed by atoms with E-state index in [0.717, 1.165) is 11.5 Å². The maximum Gasteiger partial charge on any atom is 0.0186 e. The molecule has 10 heavy (non-hydrogen) atoms. The zero-order chi connectivity index (χ0) is 7.56. The van der Waals surface area contributed by atoms with Gasteiger partial charge in [0.05, 0.1) is 0 Å². The van der Waals surface area contributed by atoms with Gasteiger partial charge in [0.2, 0.25) is 0 Å². The standard InChI is InChI=1S/C9H13Cl/c1-7(2)8-4-3-5-9(10)6-8/h3-5,7-8H,6H2,1-2H3. The average Bonchev–Trinajstić information content (AvgIpc) is 1.88. The topological polar surface area (TPSA) is 0 Å². The molecule has 0 saturated heterocycles. The zero-order valence-electron chi connectivity index (χ0n) is 6.47. The third-order valence-corrected chi connectivity index (χ3v) is 2.20. The molecule has 1 rings (SSSR count). The second-order valence-corrected chi connectivity index (χ2v) is 3.60. The summed E-state index contributed by atoms with van der Waals surface area (Å²) in [4.78, 5) is 0. The van der Waals surface area contributed by atoms with Gasteiger partial charge in [0.15, 0.2) is 0 Å². The lowest BCUT2D eigenvalue weighted by atomic mass is 9.90. The summed E-state index contributed by atoms with van der Waals surface area (Å²) in [7, 11) is 0. The van der Waals surface area contributed by atoms with Crippen LogP contribution in [0.2, 0.25) is 0 Å². The van der Waals surface area contributed by atoms with Crippen molar-refractivity contribution in [3.8, 4) is 0 Å². The predicted molar refractivity (Wildman–Crippen MR) is 46.0 cm³/mol. The molecule has 1 unspecified atom stereocenters. The van der Waals surface area contributed by atoms with Crippen molar-refractivity contribution in [3.05, 3.63) is 23.3 Å². The molecule has 56 valence electrons. The summed E-state index contributed by atoms with van der Waals surface area (Å²) in [5, 5.41) is 0.987. The lowest BCUT2D eigenvalue weighted by Gasteiger charge is -2.18. The Labute approximate surface area is 67.6 Å². The van der Waals surface area contributed by atoms with E-state index in [4.69, 9.17) is 11.6 Å². The molecule has 0 nitrogen and oxygen atoms in total. The fourth-order valence-corrected chi connectivity index (χ4v) is 1.37. The van der Waals surface area contributed by atoms with E-state index in [1.165, 1.54) is 0 Å². The van der Waals surface area contributed by atoms with Crippen LogP contribution in [0.25, 0.3) is 0 Å². The van der Waals surface area contributed by atoms with E-state index in [0.29, 0.717) is 11.8 Å². The highest BCUT2D eigenvalue weighted by Crippen LogP contribution is 2.26. The average molecular weight is 157 g/mol. The summed E-state index contributed by atoms with van der Waals surface area (Å²) >= 11 is 5.87. The molecule has 0 aromatic heterocycles. The molecule has 0 fully saturated rings. The molecule has 0 aromatic carbocycles. The summed E-state index contributed by atoms with van der Waals surface area (Å²) in [6.45, 7) is 4.45. The van der Waals surface area contributed by atoms with Crippen LogP contribution in [0.3, 0.4) is 0 Å². The van der Waals surface area contributed by atoms with Gasteiger partial charge in [0.25, 0.3) is 0 Å². The normalized spacial score (nSPS) is 25.2. The van der Waals surface area contributed by atoms with E-state index >= 15 is 0 Å². The van der Waals surface area contributed by atoms with E-state index in [2.05, 4.69) is 26.0 Å². The molecule has 0 aliphatic heterocycles. The van der Waals surface area contributed by atoms with Crippen molar-refractivity contribution < 1.29 is 0 Å². The number of allylic oxidation sites excluding steroid dienone is 4. The van der Waals surface area contributed by atoms with Gasteiger partial charge in [-0.25, -0.2) is 0 Å². The Morgan fingerprint density at radius 3 is 2.70 bits per heavy atom. The molecule has 1 heteroatoms. The Hall–Kier alpha value is -0.230. The van der Waals surface area contributed by atoms with Crippen molar-refractivity contribution in [2.45, 2.75) is 20.3 Å². The molecule has 0 aromatic rings. The molecule has 1 atom stereocenters. The minimum absolute atomic E-state index is 0.650. The van der Waals surface area contributed by atoms with Gasteiger partial charge in [0, 0.05) is 5.03 Å². The van der Waals surface area contributed by atoms with Crippen LogP contribution in [-0.4, -0.2) is 0 Å². The minimum Gasteiger partial charge on any atom is -0.0891 e. The number of hydrogen-bond acceptors (Lipinski definition) is 0. The number of halogens is 1. The van der Waals surface area contributed by atoms with Crippen molar-refractivity contribution in [1.82, 2.24) is 0 Å². The summed E-state index contributed by atoms with van der Waals surface area (Å²) in [6, 6.07) is 0. The maximum absolute atomic E-state index is 5.87. The van der Waals surface area contributed by atoms with Gasteiger partial charge in [0.1, 0.15) is 0 Å². The fourth-order valence-electron chi connectivity index (χ4n) is 1.12. The second kappa shape index (κ2) is 3.25. The summed E-state index contributed by atoms with van der Waals surface area (Å²) in [5.41, 5.74) is 0. The molecule has 0 spiro atoms. The maximum atomic E-state index is 5.87. The SMILES string of the molecule is CC(C)C1C=CC=C(Cl)C1. The van der Waals surface area contributed by atoms with Crippen molar-refractivity contribution in [2.24, 2.45) is 11.8 Å². The van der Waals surface area contributed by atoms with Crippen LogP contribution in [-0.2, 0) is 0 Å². The smallest absolute Gasteiger partial charge is 0.0186 e. The largest absolute Gasteiger partial charge is 0.0891 e. The quantitative estimate of drug-likeness (QED) is 0.546. The van der Waals surface area contributed by atoms with E-state index in [-0.39, 0.29) is 0 Å². The van der Waals surface area contributed by atoms with Crippen LogP contribution in [0.15, 0.2) is 23.3 Å². The molecule has 0 radical (unpaired) electrons. The first-order valence-corrected chi connectivity index (χ1v) is 4.11. The highest BCUT2D eigenvalue weighted by molar-refractivity contribution is 6.29. The molecular weight excluding hydrogens is 144 g/mol. The Balaban J connectivity index is 2.55. The Bertz CT molecular complexity index is 166. The van der Waals surface area contributed by atoms with Crippen LogP contribution in [0.1, 0.15) is 20.3 Å². The molecule has 0 saturated carbocycles.